The lowest BCUT2D eigenvalue weighted by Crippen LogP contribution is -2.46. The standard InChI is InChI=1S/C11H13BrN2OS/c1-11(7-3-8(12)16-6-7)4-9(13)14(2)10(15)5-11/h3,6,13H,4-5H2,1-2H3/t11-/m0/s1. The second-order valence-electron chi connectivity index (χ2n) is 4.45. The molecule has 0 unspecified atom stereocenters. The molecule has 1 aromatic heterocycles. The number of nitrogens with one attached hydrogen (secondary N) is 1. The van der Waals surface area contributed by atoms with Gasteiger partial charge in [0.1, 0.15) is 5.84 Å². The van der Waals surface area contributed by atoms with Gasteiger partial charge in [0.05, 0.1) is 3.79 Å². The van der Waals surface area contributed by atoms with Crippen molar-refractivity contribution in [2.75, 3.05) is 7.05 Å². The van der Waals surface area contributed by atoms with Crippen LogP contribution in [0.2, 0.25) is 0 Å². The summed E-state index contributed by atoms with van der Waals surface area (Å²) in [7, 11) is 1.67. The molecule has 0 spiro atoms. The fourth-order valence-corrected chi connectivity index (χ4v) is 3.30. The second-order valence-corrected chi connectivity index (χ2v) is 6.74. The van der Waals surface area contributed by atoms with Gasteiger partial charge in [0.25, 0.3) is 0 Å². The van der Waals surface area contributed by atoms with E-state index in [1.54, 1.807) is 18.4 Å². The van der Waals surface area contributed by atoms with Crippen molar-refractivity contribution >= 4 is 39.0 Å². The molecular weight excluding hydrogens is 288 g/mol. The van der Waals surface area contributed by atoms with E-state index in [2.05, 4.69) is 34.3 Å². The Morgan fingerprint density at radius 3 is 2.75 bits per heavy atom. The van der Waals surface area contributed by atoms with E-state index in [1.807, 2.05) is 0 Å². The quantitative estimate of drug-likeness (QED) is 0.851. The topological polar surface area (TPSA) is 44.2 Å². The fraction of sp³-hybridized carbons (Fsp3) is 0.455. The van der Waals surface area contributed by atoms with E-state index in [9.17, 15) is 4.79 Å². The summed E-state index contributed by atoms with van der Waals surface area (Å²) < 4.78 is 1.07. The van der Waals surface area contributed by atoms with Crippen molar-refractivity contribution in [3.63, 3.8) is 0 Å². The Kier molecular flexibility index (Phi) is 2.92. The summed E-state index contributed by atoms with van der Waals surface area (Å²) in [6.07, 6.45) is 1.10. The molecule has 1 N–H and O–H groups in total. The lowest BCUT2D eigenvalue weighted by molar-refractivity contribution is -0.128. The Morgan fingerprint density at radius 1 is 1.56 bits per heavy atom. The average Bonchev–Trinajstić information content (AvgIpc) is 2.62. The minimum absolute atomic E-state index is 0.0288. The first-order valence-corrected chi connectivity index (χ1v) is 6.68. The highest BCUT2D eigenvalue weighted by Crippen LogP contribution is 2.39. The number of amides is 1. The molecule has 16 heavy (non-hydrogen) atoms. The first-order chi connectivity index (χ1) is 7.42. The lowest BCUT2D eigenvalue weighted by Gasteiger charge is -2.37. The Bertz CT molecular complexity index is 437. The second kappa shape index (κ2) is 3.96. The summed E-state index contributed by atoms with van der Waals surface area (Å²) in [5.74, 6) is 0.433. The van der Waals surface area contributed by atoms with Crippen LogP contribution in [0, 0.1) is 5.41 Å². The van der Waals surface area contributed by atoms with E-state index in [0.717, 1.165) is 9.35 Å². The molecule has 1 amide bonds. The maximum Gasteiger partial charge on any atom is 0.228 e. The molecule has 1 atom stereocenters. The van der Waals surface area contributed by atoms with E-state index in [4.69, 9.17) is 5.41 Å². The Morgan fingerprint density at radius 2 is 2.25 bits per heavy atom. The summed E-state index contributed by atoms with van der Waals surface area (Å²) in [4.78, 5) is 13.2. The van der Waals surface area contributed by atoms with Gasteiger partial charge in [-0.3, -0.25) is 10.2 Å². The van der Waals surface area contributed by atoms with Crippen molar-refractivity contribution in [3.05, 3.63) is 20.8 Å². The van der Waals surface area contributed by atoms with Crippen LogP contribution in [-0.2, 0) is 10.2 Å². The van der Waals surface area contributed by atoms with E-state index >= 15 is 0 Å². The SMILES string of the molecule is CN1C(=N)C[C@](C)(c2csc(Br)c2)CC1=O. The molecule has 1 fully saturated rings. The van der Waals surface area contributed by atoms with Crippen LogP contribution in [-0.4, -0.2) is 23.7 Å². The third-order valence-corrected chi connectivity index (χ3v) is 4.65. The molecule has 1 aliphatic heterocycles. The van der Waals surface area contributed by atoms with Crippen molar-refractivity contribution in [3.8, 4) is 0 Å². The normalized spacial score (nSPS) is 26.3. The average molecular weight is 301 g/mol. The predicted molar refractivity (Wildman–Crippen MR) is 69.1 cm³/mol. The minimum Gasteiger partial charge on any atom is -0.304 e. The van der Waals surface area contributed by atoms with Gasteiger partial charge in [-0.25, -0.2) is 0 Å². The van der Waals surface area contributed by atoms with Crippen molar-refractivity contribution in [2.24, 2.45) is 0 Å². The van der Waals surface area contributed by atoms with Gasteiger partial charge in [-0.05, 0) is 32.9 Å². The largest absolute Gasteiger partial charge is 0.304 e. The number of hydrogen-bond donors (Lipinski definition) is 1. The summed E-state index contributed by atoms with van der Waals surface area (Å²) in [5, 5.41) is 9.90. The maximum absolute atomic E-state index is 11.8. The highest BCUT2D eigenvalue weighted by Gasteiger charge is 2.38. The highest BCUT2D eigenvalue weighted by atomic mass is 79.9. The first-order valence-electron chi connectivity index (χ1n) is 5.01. The number of rotatable bonds is 1. The minimum atomic E-state index is -0.219. The molecule has 0 radical (unpaired) electrons. The number of nitrogens with zero attached hydrogens (tertiary/aromatic N) is 1. The molecule has 2 heterocycles. The van der Waals surface area contributed by atoms with Gasteiger partial charge >= 0.3 is 0 Å². The van der Waals surface area contributed by atoms with Gasteiger partial charge in [-0.2, -0.15) is 0 Å². The van der Waals surface area contributed by atoms with Crippen molar-refractivity contribution in [1.82, 2.24) is 4.90 Å². The van der Waals surface area contributed by atoms with Gasteiger partial charge in [0.2, 0.25) is 5.91 Å². The van der Waals surface area contributed by atoms with Crippen LogP contribution in [0.1, 0.15) is 25.3 Å². The molecule has 5 heteroatoms. The van der Waals surface area contributed by atoms with Crippen LogP contribution >= 0.6 is 27.3 Å². The number of carbonyl (C=O) groups excluding carboxylic acids is 1. The molecule has 1 aliphatic rings. The van der Waals surface area contributed by atoms with Crippen LogP contribution in [0.5, 0.6) is 0 Å². The molecule has 86 valence electrons. The number of hydrogen-bond acceptors (Lipinski definition) is 3. The zero-order valence-corrected chi connectivity index (χ0v) is 11.6. The Labute approximate surface area is 107 Å². The van der Waals surface area contributed by atoms with Gasteiger partial charge in [0.15, 0.2) is 0 Å². The van der Waals surface area contributed by atoms with Crippen LogP contribution in [0.15, 0.2) is 15.2 Å². The predicted octanol–water partition coefficient (Wildman–Crippen LogP) is 3.00. The Hall–Kier alpha value is -0.680. The van der Waals surface area contributed by atoms with E-state index in [-0.39, 0.29) is 11.3 Å². The van der Waals surface area contributed by atoms with E-state index in [0.29, 0.717) is 18.7 Å². The van der Waals surface area contributed by atoms with Crippen LogP contribution in [0.25, 0.3) is 0 Å². The number of halogens is 1. The van der Waals surface area contributed by atoms with Crippen LogP contribution in [0.3, 0.4) is 0 Å². The van der Waals surface area contributed by atoms with E-state index in [1.165, 1.54) is 4.90 Å². The lowest BCUT2D eigenvalue weighted by atomic mass is 9.75. The fourth-order valence-electron chi connectivity index (χ4n) is 1.98. The molecule has 0 saturated carbocycles. The van der Waals surface area contributed by atoms with Crippen molar-refractivity contribution in [2.45, 2.75) is 25.2 Å². The number of piperidine rings is 1. The summed E-state index contributed by atoms with van der Waals surface area (Å²) >= 11 is 5.06. The maximum atomic E-state index is 11.8. The Balaban J connectivity index is 2.33. The highest BCUT2D eigenvalue weighted by molar-refractivity contribution is 9.11. The van der Waals surface area contributed by atoms with Gasteiger partial charge in [0, 0.05) is 25.3 Å². The summed E-state index contributed by atoms with van der Waals surface area (Å²) in [5.41, 5.74) is 0.930. The zero-order valence-electron chi connectivity index (χ0n) is 9.21. The van der Waals surface area contributed by atoms with Gasteiger partial charge in [-0.1, -0.05) is 6.92 Å². The van der Waals surface area contributed by atoms with Crippen molar-refractivity contribution < 1.29 is 4.79 Å². The third kappa shape index (κ3) is 1.94. The molecule has 0 bridgehead atoms. The summed E-state index contributed by atoms with van der Waals surface area (Å²) in [6.45, 7) is 2.06. The first kappa shape index (κ1) is 11.8. The van der Waals surface area contributed by atoms with Crippen LogP contribution in [0.4, 0.5) is 0 Å². The molecule has 1 saturated heterocycles. The van der Waals surface area contributed by atoms with Gasteiger partial charge < -0.3 is 4.90 Å². The molecular formula is C11H13BrN2OS. The molecule has 1 aromatic rings. The van der Waals surface area contributed by atoms with Crippen LogP contribution < -0.4 is 0 Å². The molecule has 0 aromatic carbocycles. The third-order valence-electron chi connectivity index (χ3n) is 3.14. The van der Waals surface area contributed by atoms with E-state index < -0.39 is 0 Å². The molecule has 2 rings (SSSR count). The number of carbonyl (C=O) groups is 1. The number of thiophene rings is 1. The van der Waals surface area contributed by atoms with Crippen molar-refractivity contribution in [1.29, 1.82) is 5.41 Å². The zero-order chi connectivity index (χ0) is 11.9. The monoisotopic (exact) mass is 300 g/mol. The smallest absolute Gasteiger partial charge is 0.228 e. The summed E-state index contributed by atoms with van der Waals surface area (Å²) in [6, 6.07) is 2.05. The van der Waals surface area contributed by atoms with Gasteiger partial charge in [-0.15, -0.1) is 11.3 Å². The molecule has 3 nitrogen and oxygen atoms in total. The number of amidine groups is 1. The molecule has 0 aliphatic carbocycles. The number of likely N-dealkylation sites (tertiary alicyclic amines) is 1.